The average Bonchev–Trinajstić information content (AvgIpc) is 2.18. The molecule has 0 bridgehead atoms. The fraction of sp³-hybridized carbons (Fsp3) is 0.333. The molecular weight excluding hydrogens is 190 g/mol. The van der Waals surface area contributed by atoms with Crippen LogP contribution >= 0.6 is 0 Å². The van der Waals surface area contributed by atoms with Gasteiger partial charge < -0.3 is 0 Å². The number of hydrogen-bond donors (Lipinski definition) is 0. The van der Waals surface area contributed by atoms with Crippen molar-refractivity contribution >= 4 is 11.8 Å². The molecule has 1 aromatic rings. The van der Waals surface area contributed by atoms with E-state index in [0.717, 1.165) is 5.56 Å². The first-order chi connectivity index (χ1) is 7.07. The molecule has 0 saturated carbocycles. The first-order valence-electron chi connectivity index (χ1n) is 4.96. The number of aryl methyl sites for hydroxylation is 1. The van der Waals surface area contributed by atoms with Crippen molar-refractivity contribution < 1.29 is 9.59 Å². The molecule has 1 rings (SSSR count). The van der Waals surface area contributed by atoms with E-state index in [2.05, 4.69) is 0 Å². The molecule has 0 saturated heterocycles. The number of carbonyl (C=O) groups excluding carboxylic acids is 2. The summed E-state index contributed by atoms with van der Waals surface area (Å²) in [6.07, 6.45) is 0. The van der Waals surface area contributed by atoms with E-state index < -0.39 is 0 Å². The highest BCUT2D eigenvalue weighted by Crippen LogP contribution is 2.10. The second-order valence-electron chi connectivity index (χ2n) is 3.38. The van der Waals surface area contributed by atoms with E-state index in [0.29, 0.717) is 12.1 Å². The molecule has 80 valence electrons. The summed E-state index contributed by atoms with van der Waals surface area (Å²) in [5.41, 5.74) is 1.48. The second-order valence-corrected chi connectivity index (χ2v) is 3.38. The van der Waals surface area contributed by atoms with E-state index in [9.17, 15) is 9.59 Å². The van der Waals surface area contributed by atoms with Crippen LogP contribution < -0.4 is 0 Å². The summed E-state index contributed by atoms with van der Waals surface area (Å²) in [7, 11) is 0. The lowest BCUT2D eigenvalue weighted by atomic mass is 10.1. The van der Waals surface area contributed by atoms with E-state index in [4.69, 9.17) is 0 Å². The van der Waals surface area contributed by atoms with Crippen molar-refractivity contribution in [2.45, 2.75) is 20.8 Å². The largest absolute Gasteiger partial charge is 0.279 e. The van der Waals surface area contributed by atoms with Gasteiger partial charge in [0.1, 0.15) is 0 Å². The number of hydrogen-bond acceptors (Lipinski definition) is 2. The Bertz CT molecular complexity index is 385. The van der Waals surface area contributed by atoms with E-state index in [1.807, 2.05) is 19.1 Å². The molecule has 0 aliphatic rings. The van der Waals surface area contributed by atoms with Gasteiger partial charge in [-0.2, -0.15) is 0 Å². The Morgan fingerprint density at radius 1 is 1.27 bits per heavy atom. The zero-order chi connectivity index (χ0) is 11.4. The van der Waals surface area contributed by atoms with Gasteiger partial charge in [0.15, 0.2) is 0 Å². The third kappa shape index (κ3) is 2.43. The first kappa shape index (κ1) is 11.4. The van der Waals surface area contributed by atoms with Gasteiger partial charge in [-0.3, -0.25) is 14.5 Å². The minimum absolute atomic E-state index is 0.217. The molecule has 0 aliphatic carbocycles. The van der Waals surface area contributed by atoms with Crippen LogP contribution in [0.15, 0.2) is 24.3 Å². The Hall–Kier alpha value is -1.64. The minimum Gasteiger partial charge on any atom is -0.279 e. The SMILES string of the molecule is CCN(C(C)=O)C(=O)c1ccccc1C. The Morgan fingerprint density at radius 3 is 2.33 bits per heavy atom. The van der Waals surface area contributed by atoms with Gasteiger partial charge in [-0.15, -0.1) is 0 Å². The maximum atomic E-state index is 11.9. The van der Waals surface area contributed by atoms with Crippen molar-refractivity contribution in [3.05, 3.63) is 35.4 Å². The predicted molar refractivity (Wildman–Crippen MR) is 58.6 cm³/mol. The van der Waals surface area contributed by atoms with Crippen LogP contribution in [0.1, 0.15) is 29.8 Å². The molecule has 0 heterocycles. The molecule has 0 fully saturated rings. The van der Waals surface area contributed by atoms with Crippen LogP contribution in [0.2, 0.25) is 0 Å². The Balaban J connectivity index is 3.03. The van der Waals surface area contributed by atoms with Gasteiger partial charge in [-0.05, 0) is 25.5 Å². The van der Waals surface area contributed by atoms with E-state index >= 15 is 0 Å². The summed E-state index contributed by atoms with van der Waals surface area (Å²) in [6, 6.07) is 7.27. The van der Waals surface area contributed by atoms with Gasteiger partial charge >= 0.3 is 0 Å². The third-order valence-electron chi connectivity index (χ3n) is 2.32. The van der Waals surface area contributed by atoms with Gasteiger partial charge in [-0.25, -0.2) is 0 Å². The molecular formula is C12H15NO2. The zero-order valence-corrected chi connectivity index (χ0v) is 9.28. The summed E-state index contributed by atoms with van der Waals surface area (Å²) >= 11 is 0. The van der Waals surface area contributed by atoms with Crippen LogP contribution in [0.4, 0.5) is 0 Å². The molecule has 1 aromatic carbocycles. The molecule has 0 N–H and O–H groups in total. The highest BCUT2D eigenvalue weighted by Gasteiger charge is 2.18. The van der Waals surface area contributed by atoms with Crippen molar-refractivity contribution in [1.29, 1.82) is 0 Å². The standard InChI is InChI=1S/C12H15NO2/c1-4-13(10(3)14)12(15)11-8-6-5-7-9(11)2/h5-8H,4H2,1-3H3. The lowest BCUT2D eigenvalue weighted by Crippen LogP contribution is -2.35. The summed E-state index contributed by atoms with van der Waals surface area (Å²) in [5.74, 6) is -0.436. The summed E-state index contributed by atoms with van der Waals surface area (Å²) in [4.78, 5) is 24.4. The van der Waals surface area contributed by atoms with E-state index in [1.165, 1.54) is 11.8 Å². The maximum Gasteiger partial charge on any atom is 0.260 e. The minimum atomic E-state index is -0.219. The molecule has 0 radical (unpaired) electrons. The van der Waals surface area contributed by atoms with Crippen molar-refractivity contribution in [2.24, 2.45) is 0 Å². The van der Waals surface area contributed by atoms with Gasteiger partial charge in [0.2, 0.25) is 5.91 Å². The highest BCUT2D eigenvalue weighted by molar-refractivity contribution is 6.04. The Morgan fingerprint density at radius 2 is 1.87 bits per heavy atom. The van der Waals surface area contributed by atoms with E-state index in [-0.39, 0.29) is 11.8 Å². The van der Waals surface area contributed by atoms with Crippen LogP contribution in [0.25, 0.3) is 0 Å². The molecule has 3 heteroatoms. The third-order valence-corrected chi connectivity index (χ3v) is 2.32. The lowest BCUT2D eigenvalue weighted by molar-refractivity contribution is -0.126. The molecule has 15 heavy (non-hydrogen) atoms. The van der Waals surface area contributed by atoms with Gasteiger partial charge in [-0.1, -0.05) is 18.2 Å². The van der Waals surface area contributed by atoms with Crippen LogP contribution in [-0.2, 0) is 4.79 Å². The molecule has 3 nitrogen and oxygen atoms in total. The van der Waals surface area contributed by atoms with E-state index in [1.54, 1.807) is 19.1 Å². The molecule has 0 aromatic heterocycles. The van der Waals surface area contributed by atoms with Crippen molar-refractivity contribution in [3.8, 4) is 0 Å². The average molecular weight is 205 g/mol. The normalized spacial score (nSPS) is 9.80. The fourth-order valence-electron chi connectivity index (χ4n) is 1.47. The number of carbonyl (C=O) groups is 2. The van der Waals surface area contributed by atoms with Crippen LogP contribution in [0.5, 0.6) is 0 Å². The van der Waals surface area contributed by atoms with Crippen LogP contribution in [0, 0.1) is 6.92 Å². The number of benzene rings is 1. The lowest BCUT2D eigenvalue weighted by Gasteiger charge is -2.17. The topological polar surface area (TPSA) is 37.4 Å². The first-order valence-corrected chi connectivity index (χ1v) is 4.96. The van der Waals surface area contributed by atoms with Crippen molar-refractivity contribution in [1.82, 2.24) is 4.90 Å². The van der Waals surface area contributed by atoms with Gasteiger partial charge in [0.05, 0.1) is 0 Å². The predicted octanol–water partition coefficient (Wildman–Crippen LogP) is 2.00. The van der Waals surface area contributed by atoms with Crippen LogP contribution in [0.3, 0.4) is 0 Å². The molecule has 0 unspecified atom stereocenters. The fourth-order valence-corrected chi connectivity index (χ4v) is 1.47. The quantitative estimate of drug-likeness (QED) is 0.740. The number of nitrogens with zero attached hydrogens (tertiary/aromatic N) is 1. The molecule has 0 atom stereocenters. The molecule has 2 amide bonds. The maximum absolute atomic E-state index is 11.9. The molecule has 0 aliphatic heterocycles. The second kappa shape index (κ2) is 4.73. The Kier molecular flexibility index (Phi) is 3.61. The zero-order valence-electron chi connectivity index (χ0n) is 9.28. The van der Waals surface area contributed by atoms with Gasteiger partial charge in [0.25, 0.3) is 5.91 Å². The number of imide groups is 1. The summed E-state index contributed by atoms with van der Waals surface area (Å²) < 4.78 is 0. The number of amides is 2. The monoisotopic (exact) mass is 205 g/mol. The Labute approximate surface area is 89.7 Å². The summed E-state index contributed by atoms with van der Waals surface area (Å²) in [5, 5.41) is 0. The van der Waals surface area contributed by atoms with Crippen LogP contribution in [-0.4, -0.2) is 23.3 Å². The van der Waals surface area contributed by atoms with Gasteiger partial charge in [0, 0.05) is 19.0 Å². The highest BCUT2D eigenvalue weighted by atomic mass is 16.2. The summed E-state index contributed by atoms with van der Waals surface area (Å²) in [6.45, 7) is 5.46. The number of rotatable bonds is 2. The molecule has 0 spiro atoms. The smallest absolute Gasteiger partial charge is 0.260 e. The van der Waals surface area contributed by atoms with Crippen molar-refractivity contribution in [3.63, 3.8) is 0 Å². The van der Waals surface area contributed by atoms with Crippen molar-refractivity contribution in [2.75, 3.05) is 6.54 Å².